The fourth-order valence-corrected chi connectivity index (χ4v) is 1.80. The summed E-state index contributed by atoms with van der Waals surface area (Å²) in [5.41, 5.74) is 4.87. The van der Waals surface area contributed by atoms with Gasteiger partial charge in [0.2, 0.25) is 5.91 Å². The molecule has 0 radical (unpaired) electrons. The molecule has 3 N–H and O–H groups in total. The van der Waals surface area contributed by atoms with Crippen LogP contribution in [0, 0.1) is 11.8 Å². The van der Waals surface area contributed by atoms with E-state index in [0.717, 1.165) is 19.3 Å². The number of amides is 2. The SMILES string of the molecule is CC(C)C(CCCCNC(=O)OC(C)(C)C)C(N)=O. The highest BCUT2D eigenvalue weighted by Crippen LogP contribution is 2.17. The van der Waals surface area contributed by atoms with Crippen molar-refractivity contribution < 1.29 is 14.3 Å². The number of nitrogens with one attached hydrogen (secondary N) is 1. The van der Waals surface area contributed by atoms with E-state index in [4.69, 9.17) is 10.5 Å². The van der Waals surface area contributed by atoms with Gasteiger partial charge in [0, 0.05) is 12.5 Å². The second kappa shape index (κ2) is 8.02. The third-order valence-electron chi connectivity index (χ3n) is 2.78. The molecule has 0 spiro atoms. The Morgan fingerprint density at radius 3 is 2.21 bits per heavy atom. The van der Waals surface area contributed by atoms with Crippen LogP contribution in [0.25, 0.3) is 0 Å². The highest BCUT2D eigenvalue weighted by Gasteiger charge is 2.19. The molecule has 0 aliphatic heterocycles. The fraction of sp³-hybridized carbons (Fsp3) is 0.857. The average Bonchev–Trinajstić information content (AvgIpc) is 2.19. The van der Waals surface area contributed by atoms with E-state index in [9.17, 15) is 9.59 Å². The third-order valence-corrected chi connectivity index (χ3v) is 2.78. The summed E-state index contributed by atoms with van der Waals surface area (Å²) < 4.78 is 5.12. The molecule has 1 atom stereocenters. The van der Waals surface area contributed by atoms with Gasteiger partial charge in [0.25, 0.3) is 0 Å². The number of alkyl carbamates (subject to hydrolysis) is 1. The first kappa shape index (κ1) is 17.7. The van der Waals surface area contributed by atoms with Crippen molar-refractivity contribution in [2.24, 2.45) is 17.6 Å². The van der Waals surface area contributed by atoms with Crippen LogP contribution in [0.1, 0.15) is 53.9 Å². The summed E-state index contributed by atoms with van der Waals surface area (Å²) in [6.07, 6.45) is 2.04. The molecule has 19 heavy (non-hydrogen) atoms. The van der Waals surface area contributed by atoms with Gasteiger partial charge in [-0.3, -0.25) is 4.79 Å². The van der Waals surface area contributed by atoms with Gasteiger partial charge in [0.15, 0.2) is 0 Å². The van der Waals surface area contributed by atoms with Gasteiger partial charge in [-0.1, -0.05) is 20.3 Å². The van der Waals surface area contributed by atoms with Crippen molar-refractivity contribution in [3.63, 3.8) is 0 Å². The number of unbranched alkanes of at least 4 members (excludes halogenated alkanes) is 1. The summed E-state index contributed by atoms with van der Waals surface area (Å²) in [4.78, 5) is 22.6. The second-order valence-corrected chi connectivity index (χ2v) is 6.18. The van der Waals surface area contributed by atoms with Crippen molar-refractivity contribution >= 4 is 12.0 Å². The Bertz CT molecular complexity index is 296. The van der Waals surface area contributed by atoms with Gasteiger partial charge in [-0.2, -0.15) is 0 Å². The Kier molecular flexibility index (Phi) is 7.49. The molecule has 0 aliphatic carbocycles. The molecule has 0 bridgehead atoms. The molecule has 0 aromatic heterocycles. The summed E-state index contributed by atoms with van der Waals surface area (Å²) >= 11 is 0. The predicted molar refractivity (Wildman–Crippen MR) is 75.6 cm³/mol. The van der Waals surface area contributed by atoms with Crippen molar-refractivity contribution in [1.29, 1.82) is 0 Å². The van der Waals surface area contributed by atoms with Gasteiger partial charge >= 0.3 is 6.09 Å². The summed E-state index contributed by atoms with van der Waals surface area (Å²) in [5, 5.41) is 2.69. The quantitative estimate of drug-likeness (QED) is 0.698. The summed E-state index contributed by atoms with van der Waals surface area (Å²) in [5.74, 6) is -0.0621. The van der Waals surface area contributed by atoms with Gasteiger partial charge in [-0.15, -0.1) is 0 Å². The zero-order valence-electron chi connectivity index (χ0n) is 12.8. The van der Waals surface area contributed by atoms with E-state index >= 15 is 0 Å². The number of nitrogens with two attached hydrogens (primary N) is 1. The van der Waals surface area contributed by atoms with E-state index < -0.39 is 11.7 Å². The third kappa shape index (κ3) is 9.33. The minimum atomic E-state index is -0.473. The molecule has 5 nitrogen and oxygen atoms in total. The molecule has 0 rings (SSSR count). The minimum absolute atomic E-state index is 0.0819. The number of carbonyl (C=O) groups is 2. The molecule has 0 aliphatic rings. The van der Waals surface area contributed by atoms with Crippen LogP contribution < -0.4 is 11.1 Å². The number of primary amides is 1. The minimum Gasteiger partial charge on any atom is -0.444 e. The van der Waals surface area contributed by atoms with Gasteiger partial charge in [-0.05, 0) is 39.5 Å². The monoisotopic (exact) mass is 272 g/mol. The van der Waals surface area contributed by atoms with Crippen molar-refractivity contribution in [2.45, 2.75) is 59.5 Å². The Balaban J connectivity index is 3.76. The summed E-state index contributed by atoms with van der Waals surface area (Å²) in [6, 6.07) is 0. The van der Waals surface area contributed by atoms with E-state index in [0.29, 0.717) is 6.54 Å². The molecule has 0 aromatic rings. The molecule has 0 fully saturated rings. The smallest absolute Gasteiger partial charge is 0.407 e. The molecule has 0 saturated carbocycles. The van der Waals surface area contributed by atoms with Gasteiger partial charge < -0.3 is 15.8 Å². The number of carbonyl (C=O) groups excluding carboxylic acids is 2. The van der Waals surface area contributed by atoms with Crippen LogP contribution in [0.15, 0.2) is 0 Å². The van der Waals surface area contributed by atoms with E-state index in [1.807, 2.05) is 34.6 Å². The lowest BCUT2D eigenvalue weighted by Crippen LogP contribution is -2.33. The number of ether oxygens (including phenoxy) is 1. The van der Waals surface area contributed by atoms with Crippen LogP contribution in [-0.4, -0.2) is 24.1 Å². The topological polar surface area (TPSA) is 81.4 Å². The van der Waals surface area contributed by atoms with Crippen molar-refractivity contribution in [3.05, 3.63) is 0 Å². The van der Waals surface area contributed by atoms with Gasteiger partial charge in [-0.25, -0.2) is 4.79 Å². The lowest BCUT2D eigenvalue weighted by molar-refractivity contribution is -0.123. The largest absolute Gasteiger partial charge is 0.444 e. The summed E-state index contributed by atoms with van der Waals surface area (Å²) in [7, 11) is 0. The summed E-state index contributed by atoms with van der Waals surface area (Å²) in [6.45, 7) is 10.0. The van der Waals surface area contributed by atoms with E-state index in [2.05, 4.69) is 5.32 Å². The zero-order chi connectivity index (χ0) is 15.1. The Morgan fingerprint density at radius 1 is 1.21 bits per heavy atom. The normalized spacial score (nSPS) is 13.2. The standard InChI is InChI=1S/C14H28N2O3/c1-10(2)11(12(15)17)8-6-7-9-16-13(18)19-14(3,4)5/h10-11H,6-9H2,1-5H3,(H2,15,17)(H,16,18). The highest BCUT2D eigenvalue weighted by atomic mass is 16.6. The number of rotatable bonds is 7. The van der Waals surface area contributed by atoms with Crippen molar-refractivity contribution in [1.82, 2.24) is 5.32 Å². The number of hydrogen-bond donors (Lipinski definition) is 2. The molecule has 1 unspecified atom stereocenters. The Labute approximate surface area is 116 Å². The molecular formula is C14H28N2O3. The van der Waals surface area contributed by atoms with E-state index in [-0.39, 0.29) is 17.7 Å². The highest BCUT2D eigenvalue weighted by molar-refractivity contribution is 5.76. The van der Waals surface area contributed by atoms with Crippen LogP contribution in [0.3, 0.4) is 0 Å². The first-order chi connectivity index (χ1) is 8.63. The molecular weight excluding hydrogens is 244 g/mol. The zero-order valence-corrected chi connectivity index (χ0v) is 12.8. The first-order valence-electron chi connectivity index (χ1n) is 6.89. The average molecular weight is 272 g/mol. The van der Waals surface area contributed by atoms with Crippen LogP contribution in [0.4, 0.5) is 4.79 Å². The Hall–Kier alpha value is -1.26. The van der Waals surface area contributed by atoms with Crippen LogP contribution in [-0.2, 0) is 9.53 Å². The molecule has 5 heteroatoms. The van der Waals surface area contributed by atoms with Crippen molar-refractivity contribution in [2.75, 3.05) is 6.54 Å². The van der Waals surface area contributed by atoms with Crippen LogP contribution >= 0.6 is 0 Å². The lowest BCUT2D eigenvalue weighted by atomic mass is 9.90. The molecule has 0 heterocycles. The molecule has 0 saturated heterocycles. The molecule has 0 aromatic carbocycles. The Morgan fingerprint density at radius 2 is 1.79 bits per heavy atom. The first-order valence-corrected chi connectivity index (χ1v) is 6.89. The maximum absolute atomic E-state index is 11.4. The van der Waals surface area contributed by atoms with Crippen LogP contribution in [0.5, 0.6) is 0 Å². The van der Waals surface area contributed by atoms with Crippen molar-refractivity contribution in [3.8, 4) is 0 Å². The molecule has 112 valence electrons. The van der Waals surface area contributed by atoms with Gasteiger partial charge in [0.1, 0.15) is 5.60 Å². The predicted octanol–water partition coefficient (Wildman–Crippen LogP) is 2.44. The maximum atomic E-state index is 11.4. The van der Waals surface area contributed by atoms with Crippen LogP contribution in [0.2, 0.25) is 0 Å². The number of hydrogen-bond acceptors (Lipinski definition) is 3. The second-order valence-electron chi connectivity index (χ2n) is 6.18. The lowest BCUT2D eigenvalue weighted by Gasteiger charge is -2.20. The fourth-order valence-electron chi connectivity index (χ4n) is 1.80. The maximum Gasteiger partial charge on any atom is 0.407 e. The van der Waals surface area contributed by atoms with Gasteiger partial charge in [0.05, 0.1) is 0 Å². The van der Waals surface area contributed by atoms with E-state index in [1.54, 1.807) is 0 Å². The van der Waals surface area contributed by atoms with E-state index in [1.165, 1.54) is 0 Å². The molecule has 2 amide bonds.